The van der Waals surface area contributed by atoms with Crippen molar-refractivity contribution < 1.29 is 9.72 Å². The van der Waals surface area contributed by atoms with Gasteiger partial charge in [0.15, 0.2) is 0 Å². The number of anilines is 1. The van der Waals surface area contributed by atoms with Crippen LogP contribution in [0.25, 0.3) is 0 Å². The van der Waals surface area contributed by atoms with E-state index in [1.807, 2.05) is 36.2 Å². The first-order valence-electron chi connectivity index (χ1n) is 7.33. The van der Waals surface area contributed by atoms with Crippen LogP contribution in [-0.4, -0.2) is 29.3 Å². The average Bonchev–Trinajstić information content (AvgIpc) is 2.51. The van der Waals surface area contributed by atoms with E-state index in [9.17, 15) is 14.9 Å². The molecule has 0 spiro atoms. The predicted molar refractivity (Wildman–Crippen MR) is 96.9 cm³/mol. The van der Waals surface area contributed by atoms with Crippen LogP contribution in [0.1, 0.15) is 11.1 Å². The molecule has 0 radical (unpaired) electrons. The van der Waals surface area contributed by atoms with E-state index < -0.39 is 4.92 Å². The van der Waals surface area contributed by atoms with Crippen molar-refractivity contribution in [2.45, 2.75) is 13.5 Å². The Bertz CT molecular complexity index is 764. The summed E-state index contributed by atoms with van der Waals surface area (Å²) in [7, 11) is 1.82. The molecule has 126 valence electrons. The molecule has 6 nitrogen and oxygen atoms in total. The minimum atomic E-state index is -0.493. The topological polar surface area (TPSA) is 75.5 Å². The Morgan fingerprint density at radius 1 is 1.29 bits per heavy atom. The van der Waals surface area contributed by atoms with Gasteiger partial charge in [-0.3, -0.25) is 19.8 Å². The normalized spacial score (nSPS) is 10.7. The van der Waals surface area contributed by atoms with Crippen molar-refractivity contribution in [3.8, 4) is 0 Å². The van der Waals surface area contributed by atoms with Crippen LogP contribution in [0, 0.1) is 17.0 Å². The summed E-state index contributed by atoms with van der Waals surface area (Å²) in [6.07, 6.45) is 0. The first-order valence-corrected chi connectivity index (χ1v) is 8.13. The lowest BCUT2D eigenvalue weighted by molar-refractivity contribution is -0.384. The van der Waals surface area contributed by atoms with Crippen LogP contribution in [-0.2, 0) is 11.3 Å². The number of likely N-dealkylation sites (N-methyl/N-ethyl adjacent to an activating group) is 1. The van der Waals surface area contributed by atoms with Gasteiger partial charge in [-0.2, -0.15) is 0 Å². The zero-order chi connectivity index (χ0) is 17.7. The monoisotopic (exact) mass is 391 g/mol. The Morgan fingerprint density at radius 2 is 2.00 bits per heavy atom. The van der Waals surface area contributed by atoms with Crippen molar-refractivity contribution in [1.29, 1.82) is 0 Å². The van der Waals surface area contributed by atoms with Crippen LogP contribution >= 0.6 is 15.9 Å². The van der Waals surface area contributed by atoms with Crippen molar-refractivity contribution in [3.05, 3.63) is 68.2 Å². The number of hydrogen-bond acceptors (Lipinski definition) is 4. The number of halogens is 1. The molecule has 0 heterocycles. The highest BCUT2D eigenvalue weighted by Gasteiger charge is 2.17. The van der Waals surface area contributed by atoms with E-state index in [1.54, 1.807) is 19.1 Å². The lowest BCUT2D eigenvalue weighted by atomic mass is 10.2. The summed E-state index contributed by atoms with van der Waals surface area (Å²) in [6.45, 7) is 2.49. The molecule has 0 fully saturated rings. The predicted octanol–water partition coefficient (Wildman–Crippen LogP) is 3.74. The lowest BCUT2D eigenvalue weighted by Gasteiger charge is -2.17. The van der Waals surface area contributed by atoms with Crippen molar-refractivity contribution in [3.63, 3.8) is 0 Å². The second-order valence-corrected chi connectivity index (χ2v) is 6.44. The van der Waals surface area contributed by atoms with E-state index in [2.05, 4.69) is 21.2 Å². The summed E-state index contributed by atoms with van der Waals surface area (Å²) >= 11 is 3.47. The van der Waals surface area contributed by atoms with Crippen LogP contribution in [0.2, 0.25) is 0 Å². The van der Waals surface area contributed by atoms with Crippen LogP contribution in [0.4, 0.5) is 11.4 Å². The first-order chi connectivity index (χ1) is 11.4. The van der Waals surface area contributed by atoms with Gasteiger partial charge in [0.1, 0.15) is 5.69 Å². The number of rotatable bonds is 6. The number of nitrogens with one attached hydrogen (secondary N) is 1. The molecule has 2 aromatic carbocycles. The molecule has 1 amide bonds. The molecule has 24 heavy (non-hydrogen) atoms. The molecule has 0 bridgehead atoms. The molecule has 0 saturated heterocycles. The molecule has 0 atom stereocenters. The third-order valence-corrected chi connectivity index (χ3v) is 4.21. The maximum absolute atomic E-state index is 12.2. The third-order valence-electron chi connectivity index (χ3n) is 3.44. The number of nitro benzene ring substituents is 1. The Morgan fingerprint density at radius 3 is 2.67 bits per heavy atom. The summed E-state index contributed by atoms with van der Waals surface area (Å²) < 4.78 is 0.978. The summed E-state index contributed by atoms with van der Waals surface area (Å²) in [5, 5.41) is 13.7. The van der Waals surface area contributed by atoms with E-state index >= 15 is 0 Å². The fraction of sp³-hybridized carbons (Fsp3) is 0.235. The number of nitro groups is 1. The van der Waals surface area contributed by atoms with E-state index in [-0.39, 0.29) is 23.8 Å². The first kappa shape index (κ1) is 18.1. The third kappa shape index (κ3) is 4.87. The van der Waals surface area contributed by atoms with Crippen LogP contribution in [0.15, 0.2) is 46.9 Å². The van der Waals surface area contributed by atoms with E-state index in [1.165, 1.54) is 6.07 Å². The van der Waals surface area contributed by atoms with Gasteiger partial charge in [0.05, 0.1) is 11.5 Å². The standard InChI is InChI=1S/C17H18BrN3O3/c1-12-7-8-15(16(9-12)21(23)24)19-17(22)11-20(2)10-13-5-3-4-6-14(13)18/h3-9H,10-11H2,1-2H3,(H,19,22). The molecule has 2 aromatic rings. The fourth-order valence-corrected chi connectivity index (χ4v) is 2.72. The van der Waals surface area contributed by atoms with Crippen LogP contribution in [0.5, 0.6) is 0 Å². The van der Waals surface area contributed by atoms with E-state index in [0.717, 1.165) is 15.6 Å². The Hall–Kier alpha value is -2.25. The fourth-order valence-electron chi connectivity index (χ4n) is 2.31. The number of aryl methyl sites for hydroxylation is 1. The molecule has 2 rings (SSSR count). The van der Waals surface area contributed by atoms with Gasteiger partial charge in [0, 0.05) is 17.1 Å². The van der Waals surface area contributed by atoms with Crippen molar-refractivity contribution in [2.75, 3.05) is 18.9 Å². The van der Waals surface area contributed by atoms with Gasteiger partial charge in [0.2, 0.25) is 5.91 Å². The zero-order valence-corrected chi connectivity index (χ0v) is 15.0. The van der Waals surface area contributed by atoms with E-state index in [4.69, 9.17) is 0 Å². The molecule has 0 unspecified atom stereocenters. The smallest absolute Gasteiger partial charge is 0.293 e. The van der Waals surface area contributed by atoms with Gasteiger partial charge in [-0.25, -0.2) is 0 Å². The molecular formula is C17H18BrN3O3. The summed E-state index contributed by atoms with van der Waals surface area (Å²) in [5.74, 6) is -0.295. The highest BCUT2D eigenvalue weighted by Crippen LogP contribution is 2.25. The van der Waals surface area contributed by atoms with Crippen molar-refractivity contribution >= 4 is 33.2 Å². The number of hydrogen-bond donors (Lipinski definition) is 1. The average molecular weight is 392 g/mol. The number of amides is 1. The molecule has 1 N–H and O–H groups in total. The Kier molecular flexibility index (Phi) is 6.05. The molecular weight excluding hydrogens is 374 g/mol. The quantitative estimate of drug-likeness (QED) is 0.600. The maximum Gasteiger partial charge on any atom is 0.293 e. The van der Waals surface area contributed by atoms with E-state index in [0.29, 0.717) is 6.54 Å². The van der Waals surface area contributed by atoms with Gasteiger partial charge in [-0.15, -0.1) is 0 Å². The number of benzene rings is 2. The molecule has 0 saturated carbocycles. The SMILES string of the molecule is Cc1ccc(NC(=O)CN(C)Cc2ccccc2Br)c([N+](=O)[O-])c1. The van der Waals surface area contributed by atoms with Gasteiger partial charge in [0.25, 0.3) is 5.69 Å². The van der Waals surface area contributed by atoms with Gasteiger partial charge in [-0.1, -0.05) is 40.2 Å². The number of carbonyl (C=O) groups excluding carboxylic acids is 1. The van der Waals surface area contributed by atoms with Crippen molar-refractivity contribution in [1.82, 2.24) is 4.90 Å². The lowest BCUT2D eigenvalue weighted by Crippen LogP contribution is -2.30. The minimum Gasteiger partial charge on any atom is -0.319 e. The highest BCUT2D eigenvalue weighted by molar-refractivity contribution is 9.10. The summed E-state index contributed by atoms with van der Waals surface area (Å²) in [6, 6.07) is 12.5. The zero-order valence-electron chi connectivity index (χ0n) is 13.5. The minimum absolute atomic E-state index is 0.100. The number of carbonyl (C=O) groups is 1. The molecule has 7 heteroatoms. The second kappa shape index (κ2) is 8.03. The maximum atomic E-state index is 12.2. The summed E-state index contributed by atoms with van der Waals surface area (Å²) in [4.78, 5) is 24.6. The summed E-state index contributed by atoms with van der Waals surface area (Å²) in [5.41, 5.74) is 1.95. The Balaban J connectivity index is 2.01. The van der Waals surface area contributed by atoms with Gasteiger partial charge in [-0.05, 0) is 37.2 Å². The molecule has 0 aliphatic carbocycles. The molecule has 0 aliphatic rings. The molecule has 0 aliphatic heterocycles. The second-order valence-electron chi connectivity index (χ2n) is 5.59. The highest BCUT2D eigenvalue weighted by atomic mass is 79.9. The van der Waals surface area contributed by atoms with Crippen LogP contribution in [0.3, 0.4) is 0 Å². The van der Waals surface area contributed by atoms with Gasteiger partial charge >= 0.3 is 0 Å². The number of nitrogens with zero attached hydrogens (tertiary/aromatic N) is 2. The van der Waals surface area contributed by atoms with Crippen LogP contribution < -0.4 is 5.32 Å². The van der Waals surface area contributed by atoms with Gasteiger partial charge < -0.3 is 5.32 Å². The van der Waals surface area contributed by atoms with Crippen molar-refractivity contribution in [2.24, 2.45) is 0 Å². The molecule has 0 aromatic heterocycles. The Labute approximate surface area is 148 Å². The largest absolute Gasteiger partial charge is 0.319 e.